The molecule has 2 heterocycles. The standard InChI is InChI=1S/C26H34N4O2/c1-28-15-16-30(26(28)31)22-7-9-23(10-8-22)32-18-17-29-13-11-21(12-14-29)27-25-19-24(25)20-5-3-2-4-6-20/h2-10,21,24-25,27H,11-19H2,1H3/t24-,25+/m0/s1. The summed E-state index contributed by atoms with van der Waals surface area (Å²) in [5.74, 6) is 1.57. The Bertz CT molecular complexity index is 896. The molecule has 5 rings (SSSR count). The molecule has 0 radical (unpaired) electrons. The second-order valence-electron chi connectivity index (χ2n) is 9.34. The average molecular weight is 435 g/mol. The van der Waals surface area contributed by atoms with E-state index in [0.29, 0.717) is 24.6 Å². The van der Waals surface area contributed by atoms with Crippen LogP contribution in [0.15, 0.2) is 54.6 Å². The maximum Gasteiger partial charge on any atom is 0.324 e. The van der Waals surface area contributed by atoms with E-state index < -0.39 is 0 Å². The number of hydrogen-bond donors (Lipinski definition) is 1. The van der Waals surface area contributed by atoms with Gasteiger partial charge in [-0.15, -0.1) is 0 Å². The Morgan fingerprint density at radius 3 is 2.41 bits per heavy atom. The van der Waals surface area contributed by atoms with Gasteiger partial charge in [-0.2, -0.15) is 0 Å². The van der Waals surface area contributed by atoms with Crippen LogP contribution in [-0.2, 0) is 0 Å². The third kappa shape index (κ3) is 4.92. The van der Waals surface area contributed by atoms with E-state index in [9.17, 15) is 4.79 Å². The number of urea groups is 1. The van der Waals surface area contributed by atoms with Crippen LogP contribution in [-0.4, -0.2) is 74.3 Å². The van der Waals surface area contributed by atoms with Crippen LogP contribution in [0.25, 0.3) is 0 Å². The van der Waals surface area contributed by atoms with E-state index in [0.717, 1.165) is 44.2 Å². The van der Waals surface area contributed by atoms with Crippen LogP contribution in [0.5, 0.6) is 5.75 Å². The molecule has 2 aliphatic heterocycles. The number of nitrogens with zero attached hydrogens (tertiary/aromatic N) is 3. The zero-order chi connectivity index (χ0) is 21.9. The van der Waals surface area contributed by atoms with Gasteiger partial charge in [-0.05, 0) is 62.2 Å². The molecule has 1 aliphatic carbocycles. The Balaban J connectivity index is 0.995. The topological polar surface area (TPSA) is 48.1 Å². The van der Waals surface area contributed by atoms with E-state index in [-0.39, 0.29) is 6.03 Å². The normalized spacial score (nSPS) is 24.2. The van der Waals surface area contributed by atoms with Crippen LogP contribution in [0.2, 0.25) is 0 Å². The molecule has 6 heteroatoms. The van der Waals surface area contributed by atoms with E-state index in [1.165, 1.54) is 24.8 Å². The molecule has 2 aromatic carbocycles. The summed E-state index contributed by atoms with van der Waals surface area (Å²) in [7, 11) is 1.84. The van der Waals surface area contributed by atoms with Crippen molar-refractivity contribution in [2.45, 2.75) is 37.3 Å². The lowest BCUT2D eigenvalue weighted by Crippen LogP contribution is -2.44. The number of piperidine rings is 1. The molecule has 2 amide bonds. The average Bonchev–Trinajstić information content (AvgIpc) is 3.52. The van der Waals surface area contributed by atoms with Crippen molar-refractivity contribution in [3.8, 4) is 5.75 Å². The van der Waals surface area contributed by atoms with Crippen molar-refractivity contribution in [1.82, 2.24) is 15.1 Å². The third-order valence-electron chi connectivity index (χ3n) is 7.10. The minimum Gasteiger partial charge on any atom is -0.492 e. The van der Waals surface area contributed by atoms with Crippen LogP contribution in [0, 0.1) is 0 Å². The van der Waals surface area contributed by atoms with Crippen LogP contribution in [0.4, 0.5) is 10.5 Å². The predicted molar refractivity (Wildman–Crippen MR) is 127 cm³/mol. The second kappa shape index (κ2) is 9.51. The number of rotatable bonds is 8. The molecular weight excluding hydrogens is 400 g/mol. The predicted octanol–water partition coefficient (Wildman–Crippen LogP) is 3.55. The highest BCUT2D eigenvalue weighted by atomic mass is 16.5. The fraction of sp³-hybridized carbons (Fsp3) is 0.500. The third-order valence-corrected chi connectivity index (χ3v) is 7.10. The van der Waals surface area contributed by atoms with Gasteiger partial charge in [0, 0.05) is 50.4 Å². The molecule has 2 saturated heterocycles. The molecule has 170 valence electrons. The number of likely N-dealkylation sites (N-methyl/N-ethyl adjacent to an activating group) is 1. The molecule has 3 fully saturated rings. The molecule has 1 saturated carbocycles. The summed E-state index contributed by atoms with van der Waals surface area (Å²) in [5, 5.41) is 3.89. The van der Waals surface area contributed by atoms with Crippen molar-refractivity contribution in [1.29, 1.82) is 0 Å². The zero-order valence-corrected chi connectivity index (χ0v) is 19.0. The first-order valence-corrected chi connectivity index (χ1v) is 12.0. The maximum absolute atomic E-state index is 12.1. The van der Waals surface area contributed by atoms with Crippen molar-refractivity contribution >= 4 is 11.7 Å². The van der Waals surface area contributed by atoms with Crippen LogP contribution in [0.3, 0.4) is 0 Å². The number of anilines is 1. The van der Waals surface area contributed by atoms with Crippen molar-refractivity contribution in [2.24, 2.45) is 0 Å². The molecule has 1 N–H and O–H groups in total. The van der Waals surface area contributed by atoms with Crippen LogP contribution < -0.4 is 15.0 Å². The van der Waals surface area contributed by atoms with Crippen molar-refractivity contribution in [2.75, 3.05) is 51.3 Å². The lowest BCUT2D eigenvalue weighted by atomic mass is 10.0. The Morgan fingerprint density at radius 2 is 1.72 bits per heavy atom. The summed E-state index contributed by atoms with van der Waals surface area (Å²) in [6.07, 6.45) is 3.70. The van der Waals surface area contributed by atoms with Gasteiger partial charge < -0.3 is 15.0 Å². The Hall–Kier alpha value is -2.57. The second-order valence-corrected chi connectivity index (χ2v) is 9.34. The Morgan fingerprint density at radius 1 is 0.969 bits per heavy atom. The van der Waals surface area contributed by atoms with Gasteiger partial charge in [0.1, 0.15) is 12.4 Å². The van der Waals surface area contributed by atoms with Gasteiger partial charge in [0.2, 0.25) is 0 Å². The summed E-state index contributed by atoms with van der Waals surface area (Å²) in [6.45, 7) is 5.44. The van der Waals surface area contributed by atoms with Crippen molar-refractivity contribution < 1.29 is 9.53 Å². The SMILES string of the molecule is CN1CCN(c2ccc(OCCN3CCC(N[C@@H]4C[C@H]4c4ccccc4)CC3)cc2)C1=O. The highest BCUT2D eigenvalue weighted by Gasteiger charge is 2.39. The summed E-state index contributed by atoms with van der Waals surface area (Å²) in [6, 6.07) is 20.2. The lowest BCUT2D eigenvalue weighted by Gasteiger charge is -2.32. The highest BCUT2D eigenvalue weighted by Crippen LogP contribution is 2.41. The molecule has 0 unspecified atom stereocenters. The molecule has 0 bridgehead atoms. The smallest absolute Gasteiger partial charge is 0.324 e. The number of carbonyl (C=O) groups excluding carboxylic acids is 1. The summed E-state index contributed by atoms with van der Waals surface area (Å²) in [5.41, 5.74) is 2.42. The lowest BCUT2D eigenvalue weighted by molar-refractivity contribution is 0.164. The molecule has 2 atom stereocenters. The first-order chi connectivity index (χ1) is 15.7. The van der Waals surface area contributed by atoms with Gasteiger partial charge in [0.15, 0.2) is 0 Å². The Kier molecular flexibility index (Phi) is 6.32. The number of amides is 2. The number of nitrogens with one attached hydrogen (secondary N) is 1. The molecular formula is C26H34N4O2. The summed E-state index contributed by atoms with van der Waals surface area (Å²) in [4.78, 5) is 18.2. The van der Waals surface area contributed by atoms with E-state index in [4.69, 9.17) is 4.74 Å². The van der Waals surface area contributed by atoms with Gasteiger partial charge in [-0.1, -0.05) is 30.3 Å². The van der Waals surface area contributed by atoms with Crippen LogP contribution >= 0.6 is 0 Å². The number of hydrogen-bond acceptors (Lipinski definition) is 4. The van der Waals surface area contributed by atoms with Gasteiger partial charge in [-0.3, -0.25) is 9.80 Å². The largest absolute Gasteiger partial charge is 0.492 e. The van der Waals surface area contributed by atoms with Crippen molar-refractivity contribution in [3.63, 3.8) is 0 Å². The maximum atomic E-state index is 12.1. The Labute approximate surface area is 191 Å². The number of carbonyl (C=O) groups is 1. The molecule has 0 spiro atoms. The van der Waals surface area contributed by atoms with Gasteiger partial charge in [0.05, 0.1) is 0 Å². The minimum absolute atomic E-state index is 0.0637. The first-order valence-electron chi connectivity index (χ1n) is 12.0. The monoisotopic (exact) mass is 434 g/mol. The molecule has 2 aromatic rings. The number of likely N-dealkylation sites (tertiary alicyclic amines) is 1. The van der Waals surface area contributed by atoms with E-state index in [2.05, 4.69) is 40.5 Å². The van der Waals surface area contributed by atoms with Gasteiger partial charge in [-0.25, -0.2) is 4.79 Å². The quantitative estimate of drug-likeness (QED) is 0.690. The molecule has 0 aromatic heterocycles. The highest BCUT2D eigenvalue weighted by molar-refractivity contribution is 5.93. The first kappa shape index (κ1) is 21.3. The molecule has 6 nitrogen and oxygen atoms in total. The molecule has 3 aliphatic rings. The number of ether oxygens (including phenoxy) is 1. The van der Waals surface area contributed by atoms with E-state index >= 15 is 0 Å². The number of benzene rings is 2. The summed E-state index contributed by atoms with van der Waals surface area (Å²) >= 11 is 0. The minimum atomic E-state index is 0.0637. The molecule has 32 heavy (non-hydrogen) atoms. The van der Waals surface area contributed by atoms with Crippen molar-refractivity contribution in [3.05, 3.63) is 60.2 Å². The van der Waals surface area contributed by atoms with E-state index in [1.807, 2.05) is 36.2 Å². The summed E-state index contributed by atoms with van der Waals surface area (Å²) < 4.78 is 5.97. The fourth-order valence-corrected chi connectivity index (χ4v) is 4.98. The zero-order valence-electron chi connectivity index (χ0n) is 19.0. The van der Waals surface area contributed by atoms with Crippen LogP contribution in [0.1, 0.15) is 30.7 Å². The fourth-order valence-electron chi connectivity index (χ4n) is 4.98. The van der Waals surface area contributed by atoms with E-state index in [1.54, 1.807) is 4.90 Å². The van der Waals surface area contributed by atoms with Gasteiger partial charge >= 0.3 is 6.03 Å². The van der Waals surface area contributed by atoms with Gasteiger partial charge in [0.25, 0.3) is 0 Å².